The zero-order chi connectivity index (χ0) is 9.80. The highest BCUT2D eigenvalue weighted by Crippen LogP contribution is 2.17. The molecular formula is C9H14N4O. The summed E-state index contributed by atoms with van der Waals surface area (Å²) < 4.78 is 2.05. The van der Waals surface area contributed by atoms with Crippen LogP contribution in [-0.2, 0) is 6.54 Å². The van der Waals surface area contributed by atoms with E-state index >= 15 is 0 Å². The normalized spacial score (nSPS) is 22.3. The molecule has 0 radical (unpaired) electrons. The summed E-state index contributed by atoms with van der Waals surface area (Å²) in [5.74, 6) is 0.524. The van der Waals surface area contributed by atoms with Crippen LogP contribution in [0.2, 0.25) is 0 Å². The molecule has 0 aromatic carbocycles. The fourth-order valence-electron chi connectivity index (χ4n) is 1.96. The maximum Gasteiger partial charge on any atom is 0.0946 e. The largest absolute Gasteiger partial charge is 0.337 e. The van der Waals surface area contributed by atoms with E-state index in [-0.39, 0.29) is 0 Å². The first-order valence-electron chi connectivity index (χ1n) is 4.92. The predicted molar refractivity (Wildman–Crippen MR) is 52.3 cm³/mol. The average molecular weight is 194 g/mol. The summed E-state index contributed by atoms with van der Waals surface area (Å²) in [6.07, 6.45) is 7.77. The third-order valence-electron chi connectivity index (χ3n) is 2.64. The molecule has 0 N–H and O–H groups in total. The summed E-state index contributed by atoms with van der Waals surface area (Å²) in [4.78, 5) is 14.4. The predicted octanol–water partition coefficient (Wildman–Crippen LogP) is 1.28. The van der Waals surface area contributed by atoms with Gasteiger partial charge in [-0.05, 0) is 18.8 Å². The maximum atomic E-state index is 10.4. The Labute approximate surface area is 82.7 Å². The monoisotopic (exact) mass is 194 g/mol. The van der Waals surface area contributed by atoms with Crippen LogP contribution in [0.3, 0.4) is 0 Å². The van der Waals surface area contributed by atoms with Gasteiger partial charge in [-0.3, -0.25) is 5.01 Å². The van der Waals surface area contributed by atoms with Crippen molar-refractivity contribution in [3.8, 4) is 0 Å². The first-order valence-corrected chi connectivity index (χ1v) is 4.92. The average Bonchev–Trinajstić information content (AvgIpc) is 2.71. The van der Waals surface area contributed by atoms with E-state index in [2.05, 4.69) is 14.8 Å². The highest BCUT2D eigenvalue weighted by Gasteiger charge is 2.19. The van der Waals surface area contributed by atoms with Crippen LogP contribution in [-0.4, -0.2) is 27.6 Å². The Morgan fingerprint density at radius 2 is 2.50 bits per heavy atom. The summed E-state index contributed by atoms with van der Waals surface area (Å²) in [6, 6.07) is 0. The van der Waals surface area contributed by atoms with Crippen molar-refractivity contribution >= 4 is 0 Å². The molecule has 0 aliphatic carbocycles. The standard InChI is InChI=1S/C9H14N4O/c14-11-13-4-1-2-9(7-13)6-12-5-3-10-8-12/h3,5,8-9H,1-2,4,6-7H2. The summed E-state index contributed by atoms with van der Waals surface area (Å²) in [7, 11) is 0. The summed E-state index contributed by atoms with van der Waals surface area (Å²) in [5, 5.41) is 4.60. The van der Waals surface area contributed by atoms with Crippen LogP contribution in [0.4, 0.5) is 0 Å². The quantitative estimate of drug-likeness (QED) is 0.681. The van der Waals surface area contributed by atoms with Gasteiger partial charge >= 0.3 is 0 Å². The zero-order valence-corrected chi connectivity index (χ0v) is 8.04. The van der Waals surface area contributed by atoms with Crippen LogP contribution in [0.15, 0.2) is 24.0 Å². The van der Waals surface area contributed by atoms with Gasteiger partial charge in [0.2, 0.25) is 0 Å². The molecule has 5 heteroatoms. The van der Waals surface area contributed by atoms with Crippen molar-refractivity contribution in [1.29, 1.82) is 0 Å². The minimum atomic E-state index is 0.524. The van der Waals surface area contributed by atoms with E-state index in [0.29, 0.717) is 5.92 Å². The van der Waals surface area contributed by atoms with Crippen molar-refractivity contribution in [2.24, 2.45) is 11.2 Å². The molecule has 2 heterocycles. The van der Waals surface area contributed by atoms with E-state index in [1.165, 1.54) is 6.42 Å². The topological polar surface area (TPSA) is 50.5 Å². The van der Waals surface area contributed by atoms with E-state index in [9.17, 15) is 4.91 Å². The lowest BCUT2D eigenvalue weighted by Gasteiger charge is -2.28. The fraction of sp³-hybridized carbons (Fsp3) is 0.667. The lowest BCUT2D eigenvalue weighted by atomic mass is 9.99. The number of aromatic nitrogens is 2. The van der Waals surface area contributed by atoms with Crippen molar-refractivity contribution in [2.75, 3.05) is 13.1 Å². The van der Waals surface area contributed by atoms with Gasteiger partial charge in [-0.1, -0.05) is 0 Å². The van der Waals surface area contributed by atoms with Crippen LogP contribution >= 0.6 is 0 Å². The second kappa shape index (κ2) is 4.21. The van der Waals surface area contributed by atoms with Gasteiger partial charge < -0.3 is 4.57 Å². The smallest absolute Gasteiger partial charge is 0.0946 e. The van der Waals surface area contributed by atoms with Crippen molar-refractivity contribution in [1.82, 2.24) is 14.6 Å². The van der Waals surface area contributed by atoms with Gasteiger partial charge in [-0.25, -0.2) is 4.98 Å². The van der Waals surface area contributed by atoms with Gasteiger partial charge in [0, 0.05) is 32.0 Å². The molecular weight excluding hydrogens is 180 g/mol. The number of nitrogens with zero attached hydrogens (tertiary/aromatic N) is 4. The van der Waals surface area contributed by atoms with Crippen LogP contribution in [0.25, 0.3) is 0 Å². The Bertz CT molecular complexity index is 285. The van der Waals surface area contributed by atoms with Crippen LogP contribution < -0.4 is 0 Å². The number of nitroso groups, excluding NO2 is 1. The Kier molecular flexibility index (Phi) is 2.76. The highest BCUT2D eigenvalue weighted by molar-refractivity contribution is 4.78. The summed E-state index contributed by atoms with van der Waals surface area (Å²) in [5.41, 5.74) is 0. The van der Waals surface area contributed by atoms with E-state index in [1.54, 1.807) is 11.2 Å². The Hall–Kier alpha value is -1.39. The van der Waals surface area contributed by atoms with E-state index < -0.39 is 0 Å². The third-order valence-corrected chi connectivity index (χ3v) is 2.64. The number of imidazole rings is 1. The highest BCUT2D eigenvalue weighted by atomic mass is 16.3. The van der Waals surface area contributed by atoms with Gasteiger partial charge in [0.05, 0.1) is 11.6 Å². The first kappa shape index (κ1) is 9.18. The van der Waals surface area contributed by atoms with E-state index in [0.717, 1.165) is 26.1 Å². The summed E-state index contributed by atoms with van der Waals surface area (Å²) in [6.45, 7) is 2.53. The molecule has 0 spiro atoms. The molecule has 1 aromatic rings. The molecule has 1 fully saturated rings. The minimum Gasteiger partial charge on any atom is -0.337 e. The summed E-state index contributed by atoms with van der Waals surface area (Å²) >= 11 is 0. The molecule has 1 unspecified atom stereocenters. The lowest BCUT2D eigenvalue weighted by Crippen LogP contribution is -2.33. The molecule has 14 heavy (non-hydrogen) atoms. The molecule has 0 saturated carbocycles. The molecule has 1 saturated heterocycles. The second-order valence-electron chi connectivity index (χ2n) is 3.76. The molecule has 0 bridgehead atoms. The molecule has 1 aromatic heterocycles. The van der Waals surface area contributed by atoms with Crippen molar-refractivity contribution < 1.29 is 0 Å². The van der Waals surface area contributed by atoms with Crippen LogP contribution in [0, 0.1) is 10.8 Å². The molecule has 0 amide bonds. The van der Waals surface area contributed by atoms with Crippen molar-refractivity contribution in [3.63, 3.8) is 0 Å². The molecule has 5 nitrogen and oxygen atoms in total. The molecule has 1 atom stereocenters. The first-order chi connectivity index (χ1) is 6.88. The number of rotatable bonds is 3. The van der Waals surface area contributed by atoms with Crippen molar-refractivity contribution in [3.05, 3.63) is 23.6 Å². The second-order valence-corrected chi connectivity index (χ2v) is 3.76. The Balaban J connectivity index is 1.89. The van der Waals surface area contributed by atoms with Gasteiger partial charge in [-0.15, -0.1) is 4.91 Å². The third kappa shape index (κ3) is 2.10. The number of hydrogen-bond acceptors (Lipinski definition) is 3. The van der Waals surface area contributed by atoms with E-state index in [1.807, 2.05) is 12.5 Å². The van der Waals surface area contributed by atoms with Gasteiger partial charge in [0.25, 0.3) is 0 Å². The molecule has 1 aliphatic rings. The minimum absolute atomic E-state index is 0.524. The fourth-order valence-corrected chi connectivity index (χ4v) is 1.96. The lowest BCUT2D eigenvalue weighted by molar-refractivity contribution is 0.166. The number of piperidine rings is 1. The SMILES string of the molecule is O=NN1CCCC(Cn2ccnc2)C1. The van der Waals surface area contributed by atoms with Crippen LogP contribution in [0.5, 0.6) is 0 Å². The van der Waals surface area contributed by atoms with Crippen LogP contribution in [0.1, 0.15) is 12.8 Å². The van der Waals surface area contributed by atoms with Gasteiger partial charge in [0.15, 0.2) is 0 Å². The zero-order valence-electron chi connectivity index (χ0n) is 8.04. The van der Waals surface area contributed by atoms with Gasteiger partial charge in [-0.2, -0.15) is 0 Å². The maximum absolute atomic E-state index is 10.4. The van der Waals surface area contributed by atoms with Crippen molar-refractivity contribution in [2.45, 2.75) is 19.4 Å². The Morgan fingerprint density at radius 1 is 1.57 bits per heavy atom. The Morgan fingerprint density at radius 3 is 3.21 bits per heavy atom. The number of hydrogen-bond donors (Lipinski definition) is 0. The molecule has 1 aliphatic heterocycles. The molecule has 2 rings (SSSR count). The van der Waals surface area contributed by atoms with E-state index in [4.69, 9.17) is 0 Å². The molecule has 76 valence electrons. The van der Waals surface area contributed by atoms with Gasteiger partial charge in [0.1, 0.15) is 0 Å².